The summed E-state index contributed by atoms with van der Waals surface area (Å²) in [6.45, 7) is 4.58. The first-order valence-corrected chi connectivity index (χ1v) is 14.2. The summed E-state index contributed by atoms with van der Waals surface area (Å²) in [5, 5.41) is 10.4. The normalized spacial score (nSPS) is 15.7. The Labute approximate surface area is 216 Å². The van der Waals surface area contributed by atoms with Crippen molar-refractivity contribution in [3.63, 3.8) is 0 Å². The number of imidazole rings is 1. The molecule has 37 heavy (non-hydrogen) atoms. The number of rotatable bonds is 10. The maximum Gasteiger partial charge on any atom is 0.214 e. The van der Waals surface area contributed by atoms with E-state index in [-0.39, 0.29) is 12.4 Å². The van der Waals surface area contributed by atoms with Crippen LogP contribution in [0.15, 0.2) is 36.7 Å². The summed E-state index contributed by atoms with van der Waals surface area (Å²) in [4.78, 5) is 13.7. The highest BCUT2D eigenvalue weighted by molar-refractivity contribution is 7.89. The number of nitrogen functional groups attached to an aromatic ring is 1. The van der Waals surface area contributed by atoms with Gasteiger partial charge in [-0.05, 0) is 49.4 Å². The van der Waals surface area contributed by atoms with Gasteiger partial charge in [0.1, 0.15) is 17.9 Å². The Kier molecular flexibility index (Phi) is 7.38. The van der Waals surface area contributed by atoms with Crippen molar-refractivity contribution in [2.24, 2.45) is 0 Å². The minimum absolute atomic E-state index is 0.0777. The molecule has 1 saturated heterocycles. The van der Waals surface area contributed by atoms with Crippen LogP contribution in [0.25, 0.3) is 33.1 Å². The van der Waals surface area contributed by atoms with Crippen molar-refractivity contribution in [3.05, 3.63) is 48.0 Å². The second-order valence-corrected chi connectivity index (χ2v) is 11.3. The minimum Gasteiger partial charge on any atom is -0.392 e. The standard InChI is InChI=1S/C26H32N6O4S/c1-2-36-17-23-30-24-25(32(23)10-4-3-8-31-9-5-11-37(31,34)35)21-7-6-19(13-22(21)29-26(24)27)20-12-18(16-33)14-28-15-20/h6-7,12-15,33H,2-5,8-11,16-17H2,1H3,(H2,27,29). The molecule has 0 spiro atoms. The maximum atomic E-state index is 12.1. The van der Waals surface area contributed by atoms with Crippen LogP contribution >= 0.6 is 0 Å². The fraction of sp³-hybridized carbons (Fsp3) is 0.423. The molecule has 1 aromatic carbocycles. The smallest absolute Gasteiger partial charge is 0.214 e. The number of fused-ring (bicyclic) bond motifs is 3. The molecule has 0 saturated carbocycles. The van der Waals surface area contributed by atoms with Gasteiger partial charge < -0.3 is 20.1 Å². The number of pyridine rings is 2. The van der Waals surface area contributed by atoms with Crippen molar-refractivity contribution in [2.45, 2.75) is 45.9 Å². The van der Waals surface area contributed by atoms with Crippen LogP contribution in [0.3, 0.4) is 0 Å². The van der Waals surface area contributed by atoms with E-state index < -0.39 is 10.0 Å². The zero-order valence-corrected chi connectivity index (χ0v) is 21.7. The lowest BCUT2D eigenvalue weighted by atomic mass is 10.0. The number of aromatic nitrogens is 4. The number of hydrogen-bond donors (Lipinski definition) is 2. The molecular formula is C26H32N6O4S. The van der Waals surface area contributed by atoms with Gasteiger partial charge in [0.25, 0.3) is 0 Å². The third-order valence-corrected chi connectivity index (χ3v) is 8.73. The Morgan fingerprint density at radius 3 is 2.70 bits per heavy atom. The van der Waals surface area contributed by atoms with Crippen LogP contribution in [0.4, 0.5) is 5.82 Å². The third-order valence-electron chi connectivity index (χ3n) is 6.77. The molecule has 1 fully saturated rings. The second-order valence-electron chi connectivity index (χ2n) is 9.26. The third kappa shape index (κ3) is 5.17. The number of nitrogens with two attached hydrogens (primary N) is 1. The monoisotopic (exact) mass is 524 g/mol. The Morgan fingerprint density at radius 2 is 1.95 bits per heavy atom. The number of nitrogens with zero attached hydrogens (tertiary/aromatic N) is 5. The van der Waals surface area contributed by atoms with E-state index in [0.29, 0.717) is 50.6 Å². The lowest BCUT2D eigenvalue weighted by molar-refractivity contribution is 0.126. The van der Waals surface area contributed by atoms with E-state index in [9.17, 15) is 13.5 Å². The van der Waals surface area contributed by atoms with Crippen molar-refractivity contribution in [1.29, 1.82) is 0 Å². The maximum absolute atomic E-state index is 12.1. The molecule has 0 aliphatic carbocycles. The Bertz CT molecular complexity index is 1540. The number of unbranched alkanes of at least 4 members (excludes halogenated alkanes) is 1. The fourth-order valence-electron chi connectivity index (χ4n) is 4.91. The van der Waals surface area contributed by atoms with Crippen molar-refractivity contribution in [3.8, 4) is 11.1 Å². The van der Waals surface area contributed by atoms with Crippen molar-refractivity contribution < 1.29 is 18.3 Å². The van der Waals surface area contributed by atoms with Gasteiger partial charge in [-0.1, -0.05) is 12.1 Å². The highest BCUT2D eigenvalue weighted by Crippen LogP contribution is 2.32. The molecule has 0 radical (unpaired) electrons. The number of aliphatic hydroxyl groups is 1. The summed E-state index contributed by atoms with van der Waals surface area (Å²) >= 11 is 0. The Morgan fingerprint density at radius 1 is 1.11 bits per heavy atom. The molecule has 0 bridgehead atoms. The minimum atomic E-state index is -3.09. The van der Waals surface area contributed by atoms with Gasteiger partial charge in [0.15, 0.2) is 5.82 Å². The molecule has 3 aromatic heterocycles. The Hall–Kier alpha value is -3.12. The summed E-state index contributed by atoms with van der Waals surface area (Å²) in [6, 6.07) is 7.91. The topological polar surface area (TPSA) is 136 Å². The molecule has 11 heteroatoms. The number of sulfonamides is 1. The average molecular weight is 525 g/mol. The summed E-state index contributed by atoms with van der Waals surface area (Å²) in [5.41, 5.74) is 11.2. The first-order chi connectivity index (χ1) is 17.9. The van der Waals surface area contributed by atoms with Crippen molar-refractivity contribution in [1.82, 2.24) is 23.8 Å². The highest BCUT2D eigenvalue weighted by Gasteiger charge is 2.27. The molecule has 0 atom stereocenters. The number of benzene rings is 1. The van der Waals surface area contributed by atoms with E-state index in [0.717, 1.165) is 51.8 Å². The first-order valence-electron chi connectivity index (χ1n) is 12.6. The molecular weight excluding hydrogens is 492 g/mol. The molecule has 4 heterocycles. The predicted molar refractivity (Wildman–Crippen MR) is 143 cm³/mol. The molecule has 1 aliphatic rings. The van der Waals surface area contributed by atoms with E-state index in [2.05, 4.69) is 14.5 Å². The van der Waals surface area contributed by atoms with Gasteiger partial charge in [-0.15, -0.1) is 0 Å². The van der Waals surface area contributed by atoms with E-state index in [1.165, 1.54) is 0 Å². The van der Waals surface area contributed by atoms with Gasteiger partial charge in [0.2, 0.25) is 10.0 Å². The average Bonchev–Trinajstić information content (AvgIpc) is 3.44. The molecule has 10 nitrogen and oxygen atoms in total. The van der Waals surface area contributed by atoms with Crippen LogP contribution in [0, 0.1) is 0 Å². The van der Waals surface area contributed by atoms with Gasteiger partial charge >= 0.3 is 0 Å². The quantitative estimate of drug-likeness (QED) is 0.302. The predicted octanol–water partition coefficient (Wildman–Crippen LogP) is 3.07. The number of ether oxygens (including phenoxy) is 1. The molecule has 0 unspecified atom stereocenters. The van der Waals surface area contributed by atoms with Gasteiger partial charge in [0.05, 0.1) is 23.4 Å². The second kappa shape index (κ2) is 10.7. The zero-order valence-electron chi connectivity index (χ0n) is 20.9. The number of aryl methyl sites for hydroxylation is 1. The van der Waals surface area contributed by atoms with Crippen LogP contribution < -0.4 is 5.73 Å². The van der Waals surface area contributed by atoms with Crippen molar-refractivity contribution in [2.75, 3.05) is 31.2 Å². The number of aliphatic hydroxyl groups excluding tert-OH is 1. The van der Waals surface area contributed by atoms with Crippen LogP contribution in [-0.2, 0) is 34.5 Å². The van der Waals surface area contributed by atoms with Gasteiger partial charge in [-0.3, -0.25) is 4.98 Å². The number of anilines is 1. The van der Waals surface area contributed by atoms with Gasteiger partial charge in [-0.25, -0.2) is 22.7 Å². The molecule has 5 rings (SSSR count). The molecule has 196 valence electrons. The lowest BCUT2D eigenvalue weighted by Crippen LogP contribution is -2.26. The summed E-state index contributed by atoms with van der Waals surface area (Å²) in [5.74, 6) is 1.37. The first kappa shape index (κ1) is 25.5. The van der Waals surface area contributed by atoms with E-state index in [1.807, 2.05) is 31.2 Å². The van der Waals surface area contributed by atoms with Crippen LogP contribution in [-0.4, -0.2) is 62.8 Å². The molecule has 3 N–H and O–H groups in total. The molecule has 4 aromatic rings. The fourth-order valence-corrected chi connectivity index (χ4v) is 6.48. The van der Waals surface area contributed by atoms with E-state index >= 15 is 0 Å². The molecule has 0 amide bonds. The van der Waals surface area contributed by atoms with Crippen LogP contribution in [0.5, 0.6) is 0 Å². The van der Waals surface area contributed by atoms with Gasteiger partial charge in [-0.2, -0.15) is 0 Å². The Balaban J connectivity index is 1.50. The van der Waals surface area contributed by atoms with E-state index in [1.54, 1.807) is 16.7 Å². The van der Waals surface area contributed by atoms with Gasteiger partial charge in [0, 0.05) is 49.6 Å². The van der Waals surface area contributed by atoms with Crippen molar-refractivity contribution >= 4 is 37.8 Å². The SMILES string of the molecule is CCOCc1nc2c(N)nc3cc(-c4cncc(CO)c4)ccc3c2n1CCCCN1CCCS1(=O)=O. The van der Waals surface area contributed by atoms with Crippen LogP contribution in [0.1, 0.15) is 37.6 Å². The zero-order chi connectivity index (χ0) is 26.0. The molecule has 1 aliphatic heterocycles. The van der Waals surface area contributed by atoms with E-state index in [4.69, 9.17) is 15.5 Å². The largest absolute Gasteiger partial charge is 0.392 e. The summed E-state index contributed by atoms with van der Waals surface area (Å²) in [7, 11) is -3.09. The highest BCUT2D eigenvalue weighted by atomic mass is 32.2. The summed E-state index contributed by atoms with van der Waals surface area (Å²) in [6.07, 6.45) is 5.64. The number of hydrogen-bond acceptors (Lipinski definition) is 8. The lowest BCUT2D eigenvalue weighted by Gasteiger charge is -2.15. The van der Waals surface area contributed by atoms with Crippen LogP contribution in [0.2, 0.25) is 0 Å². The summed E-state index contributed by atoms with van der Waals surface area (Å²) < 4.78 is 33.7.